The summed E-state index contributed by atoms with van der Waals surface area (Å²) >= 11 is 0. The number of aliphatic hydroxyl groups excluding tert-OH is 1. The molecule has 14 heteroatoms. The maximum absolute atomic E-state index is 13.9. The van der Waals surface area contributed by atoms with Crippen LogP contribution in [0.15, 0.2) is 82.5 Å². The Morgan fingerprint density at radius 1 is 1.15 bits per heavy atom. The first-order valence-corrected chi connectivity index (χ1v) is 14.4. The summed E-state index contributed by atoms with van der Waals surface area (Å²) in [6, 6.07) is 17.3. The highest BCUT2D eigenvalue weighted by Crippen LogP contribution is 2.46. The normalized spacial score (nSPS) is 25.1. The number of aromatic amines is 1. The highest BCUT2D eigenvalue weighted by atomic mass is 31.2. The van der Waals surface area contributed by atoms with Crippen molar-refractivity contribution in [2.24, 2.45) is 5.73 Å². The van der Waals surface area contributed by atoms with Crippen molar-refractivity contribution in [2.75, 3.05) is 6.61 Å². The second kappa shape index (κ2) is 12.5. The van der Waals surface area contributed by atoms with Crippen LogP contribution >= 0.6 is 7.75 Å². The van der Waals surface area contributed by atoms with Gasteiger partial charge in [0.05, 0.1) is 12.1 Å². The molecule has 7 unspecified atom stereocenters. The number of H-pyrrole nitrogens is 1. The minimum Gasteiger partial charge on any atom is -0.457 e. The Kier molecular flexibility index (Phi) is 9.27. The molecule has 1 aliphatic heterocycles. The van der Waals surface area contributed by atoms with Gasteiger partial charge in [0.1, 0.15) is 30.1 Å². The molecule has 1 saturated heterocycles. The second-order valence-corrected chi connectivity index (χ2v) is 11.6. The third kappa shape index (κ3) is 7.20. The van der Waals surface area contributed by atoms with Gasteiger partial charge in [-0.2, -0.15) is 5.09 Å². The highest BCUT2D eigenvalue weighted by Gasteiger charge is 2.52. The van der Waals surface area contributed by atoms with Crippen molar-refractivity contribution in [1.82, 2.24) is 14.6 Å². The Morgan fingerprint density at radius 3 is 2.41 bits per heavy atom. The van der Waals surface area contributed by atoms with Gasteiger partial charge in [0.15, 0.2) is 6.23 Å². The largest absolute Gasteiger partial charge is 0.459 e. The standard InChI is InChI=1S/C27H33N4O9P/c1-17(24(34)38-18(2)19-10-6-4-7-11-19)30-41(36,40-20-12-8-5-9-13-20)37-16-21-23(33)27(3,28)25(39-21)31-15-14-22(32)29-26(31)35/h4-15,17-18,21,23,25,33H,16,28H2,1-3H3,(H,30,36)(H,29,32,35). The number of carbonyl (C=O) groups excluding carboxylic acids is 1. The van der Waals surface area contributed by atoms with Gasteiger partial charge in [-0.3, -0.25) is 23.7 Å². The molecular formula is C27H33N4O9P. The maximum atomic E-state index is 13.9. The van der Waals surface area contributed by atoms with Gasteiger partial charge in [0, 0.05) is 12.3 Å². The van der Waals surface area contributed by atoms with Crippen molar-refractivity contribution in [3.8, 4) is 5.75 Å². The van der Waals surface area contributed by atoms with Crippen molar-refractivity contribution in [1.29, 1.82) is 0 Å². The van der Waals surface area contributed by atoms with Crippen LogP contribution in [-0.4, -0.2) is 51.0 Å². The fourth-order valence-electron chi connectivity index (χ4n) is 4.28. The number of hydrogen-bond acceptors (Lipinski definition) is 10. The van der Waals surface area contributed by atoms with Crippen LogP contribution in [-0.2, 0) is 23.4 Å². The van der Waals surface area contributed by atoms with Crippen LogP contribution in [0.4, 0.5) is 0 Å². The van der Waals surface area contributed by atoms with Crippen LogP contribution in [0.3, 0.4) is 0 Å². The zero-order valence-corrected chi connectivity index (χ0v) is 23.6. The first-order valence-electron chi connectivity index (χ1n) is 12.9. The van der Waals surface area contributed by atoms with Crippen molar-refractivity contribution >= 4 is 13.7 Å². The molecule has 13 nitrogen and oxygen atoms in total. The van der Waals surface area contributed by atoms with Gasteiger partial charge in [-0.15, -0.1) is 0 Å². The van der Waals surface area contributed by atoms with E-state index in [0.717, 1.165) is 16.2 Å². The molecule has 7 atom stereocenters. The quantitative estimate of drug-likeness (QED) is 0.190. The van der Waals surface area contributed by atoms with E-state index in [2.05, 4.69) is 10.1 Å². The van der Waals surface area contributed by atoms with Gasteiger partial charge in [-0.25, -0.2) is 9.36 Å². The Morgan fingerprint density at radius 2 is 1.78 bits per heavy atom. The summed E-state index contributed by atoms with van der Waals surface area (Å²) < 4.78 is 37.6. The molecule has 0 spiro atoms. The summed E-state index contributed by atoms with van der Waals surface area (Å²) in [4.78, 5) is 38.8. The molecule has 0 aliphatic carbocycles. The maximum Gasteiger partial charge on any atom is 0.459 e. The Hall–Kier alpha value is -3.58. The number of para-hydroxylation sites is 1. The van der Waals surface area contributed by atoms with Crippen LogP contribution in [0.2, 0.25) is 0 Å². The van der Waals surface area contributed by atoms with E-state index in [-0.39, 0.29) is 5.75 Å². The first-order chi connectivity index (χ1) is 19.4. The number of rotatable bonds is 11. The monoisotopic (exact) mass is 588 g/mol. The SMILES string of the molecule is CC(NP(=O)(OCC1OC(n2ccc(=O)[nH]c2=O)C(C)(N)C1O)Oc1ccccc1)C(=O)OC(C)c1ccccc1. The van der Waals surface area contributed by atoms with E-state index in [1.165, 1.54) is 20.0 Å². The van der Waals surface area contributed by atoms with E-state index in [9.17, 15) is 24.1 Å². The topological polar surface area (TPSA) is 184 Å². The number of esters is 1. The predicted octanol–water partition coefficient (Wildman–Crippen LogP) is 2.00. The van der Waals surface area contributed by atoms with Crippen LogP contribution in [0.1, 0.15) is 38.7 Å². The number of carbonyl (C=O) groups is 1. The van der Waals surface area contributed by atoms with E-state index in [1.807, 2.05) is 30.3 Å². The first kappa shape index (κ1) is 30.4. The Balaban J connectivity index is 1.49. The molecule has 41 heavy (non-hydrogen) atoms. The van der Waals surface area contributed by atoms with Crippen LogP contribution in [0.25, 0.3) is 0 Å². The van der Waals surface area contributed by atoms with E-state index >= 15 is 0 Å². The number of nitrogens with zero attached hydrogens (tertiary/aromatic N) is 1. The summed E-state index contributed by atoms with van der Waals surface area (Å²) in [5, 5.41) is 13.5. The smallest absolute Gasteiger partial charge is 0.457 e. The lowest BCUT2D eigenvalue weighted by atomic mass is 9.93. The van der Waals surface area contributed by atoms with E-state index in [1.54, 1.807) is 37.3 Å². The summed E-state index contributed by atoms with van der Waals surface area (Å²) in [5.74, 6) is -0.512. The zero-order valence-electron chi connectivity index (χ0n) is 22.7. The van der Waals surface area contributed by atoms with E-state index in [4.69, 9.17) is 24.3 Å². The van der Waals surface area contributed by atoms with Crippen LogP contribution < -0.4 is 26.6 Å². The van der Waals surface area contributed by atoms with Crippen LogP contribution in [0.5, 0.6) is 5.75 Å². The molecule has 0 amide bonds. The molecule has 3 aromatic rings. The molecule has 220 valence electrons. The molecule has 0 bridgehead atoms. The number of aromatic nitrogens is 2. The third-order valence-corrected chi connectivity index (χ3v) is 8.22. The molecule has 4 rings (SSSR count). The molecule has 1 aliphatic rings. The molecule has 2 heterocycles. The lowest BCUT2D eigenvalue weighted by Crippen LogP contribution is -2.53. The lowest BCUT2D eigenvalue weighted by molar-refractivity contribution is -0.150. The van der Waals surface area contributed by atoms with Crippen molar-refractivity contribution < 1.29 is 33.0 Å². The fraction of sp³-hybridized carbons (Fsp3) is 0.370. The average Bonchev–Trinajstić information content (AvgIpc) is 3.16. The average molecular weight is 589 g/mol. The lowest BCUT2D eigenvalue weighted by Gasteiger charge is -2.28. The van der Waals surface area contributed by atoms with Crippen molar-refractivity contribution in [3.05, 3.63) is 99.3 Å². The molecule has 1 aromatic heterocycles. The zero-order chi connectivity index (χ0) is 29.8. The van der Waals surface area contributed by atoms with Crippen LogP contribution in [0, 0.1) is 0 Å². The van der Waals surface area contributed by atoms with Gasteiger partial charge < -0.3 is 24.8 Å². The predicted molar refractivity (Wildman–Crippen MR) is 148 cm³/mol. The van der Waals surface area contributed by atoms with Gasteiger partial charge in [-0.05, 0) is 38.5 Å². The molecular weight excluding hydrogens is 555 g/mol. The summed E-state index contributed by atoms with van der Waals surface area (Å²) in [7, 11) is -4.29. The third-order valence-electron chi connectivity index (χ3n) is 6.57. The van der Waals surface area contributed by atoms with E-state index < -0.39 is 67.7 Å². The minimum absolute atomic E-state index is 0.191. The molecule has 5 N–H and O–H groups in total. The van der Waals surface area contributed by atoms with Gasteiger partial charge >= 0.3 is 19.4 Å². The molecule has 2 aromatic carbocycles. The molecule has 0 saturated carbocycles. The number of nitrogens with two attached hydrogens (primary N) is 1. The van der Waals surface area contributed by atoms with Crippen molar-refractivity contribution in [3.63, 3.8) is 0 Å². The fourth-order valence-corrected chi connectivity index (χ4v) is 5.78. The van der Waals surface area contributed by atoms with Gasteiger partial charge in [0.2, 0.25) is 0 Å². The van der Waals surface area contributed by atoms with Crippen molar-refractivity contribution in [2.45, 2.75) is 56.9 Å². The highest BCUT2D eigenvalue weighted by molar-refractivity contribution is 7.52. The number of hydrogen-bond donors (Lipinski definition) is 4. The van der Waals surface area contributed by atoms with Gasteiger partial charge in [0.25, 0.3) is 5.56 Å². The Bertz CT molecular complexity index is 1500. The van der Waals surface area contributed by atoms with Gasteiger partial charge in [-0.1, -0.05) is 48.5 Å². The summed E-state index contributed by atoms with van der Waals surface area (Å²) in [6.07, 6.45) is -3.11. The molecule has 1 fully saturated rings. The number of ether oxygens (including phenoxy) is 2. The number of benzene rings is 2. The number of aliphatic hydroxyl groups is 1. The number of nitrogens with one attached hydrogen (secondary N) is 2. The van der Waals surface area contributed by atoms with E-state index in [0.29, 0.717) is 0 Å². The second-order valence-electron chi connectivity index (χ2n) is 9.89. The summed E-state index contributed by atoms with van der Waals surface area (Å²) in [6.45, 7) is 4.12. The molecule has 0 radical (unpaired) electrons. The Labute approximate surface area is 235 Å². The minimum atomic E-state index is -4.29. The summed E-state index contributed by atoms with van der Waals surface area (Å²) in [5.41, 5.74) is 4.19.